The third-order valence-corrected chi connectivity index (χ3v) is 9.79. The number of ether oxygens (including phenoxy) is 2. The van der Waals surface area contributed by atoms with E-state index in [1.807, 2.05) is 37.3 Å². The summed E-state index contributed by atoms with van der Waals surface area (Å²) in [5.74, 6) is 1.73. The molecule has 1 atom stereocenters. The van der Waals surface area contributed by atoms with Crippen molar-refractivity contribution in [2.75, 3.05) is 25.1 Å². The third kappa shape index (κ3) is 4.43. The summed E-state index contributed by atoms with van der Waals surface area (Å²) >= 11 is 0. The molecule has 1 aliphatic carbocycles. The van der Waals surface area contributed by atoms with Gasteiger partial charge in [-0.2, -0.15) is 4.31 Å². The first-order chi connectivity index (χ1) is 18.4. The van der Waals surface area contributed by atoms with Crippen molar-refractivity contribution in [3.63, 3.8) is 0 Å². The number of rotatable bonds is 7. The Kier molecular flexibility index (Phi) is 6.36. The van der Waals surface area contributed by atoms with E-state index < -0.39 is 15.4 Å². The monoisotopic (exact) mass is 533 g/mol. The minimum Gasteiger partial charge on any atom is -0.486 e. The molecule has 2 aliphatic heterocycles. The predicted molar refractivity (Wildman–Crippen MR) is 144 cm³/mol. The minimum absolute atomic E-state index is 0.0681. The number of fused-ring (bicyclic) bond motifs is 1. The quantitative estimate of drug-likeness (QED) is 0.471. The molecule has 0 unspecified atom stereocenters. The third-order valence-electron chi connectivity index (χ3n) is 7.82. The normalized spacial score (nSPS) is 20.2. The van der Waals surface area contributed by atoms with Crippen molar-refractivity contribution in [3.8, 4) is 22.8 Å². The van der Waals surface area contributed by atoms with E-state index in [-0.39, 0.29) is 11.9 Å². The SMILES string of the molecule is CC[C@H]1CCCN1S(=O)(=O)c1ccc(-c2cccc(NC(=O)C3(c4ccc5c(c4)OCCO5)CC3)n2)cc1. The summed E-state index contributed by atoms with van der Waals surface area (Å²) in [5, 5.41) is 2.99. The van der Waals surface area contributed by atoms with Crippen LogP contribution in [0.3, 0.4) is 0 Å². The molecule has 1 saturated carbocycles. The van der Waals surface area contributed by atoms with Gasteiger partial charge >= 0.3 is 0 Å². The van der Waals surface area contributed by atoms with Gasteiger partial charge in [0.1, 0.15) is 19.0 Å². The van der Waals surface area contributed by atoms with E-state index in [0.29, 0.717) is 47.7 Å². The molecule has 0 spiro atoms. The molecule has 1 saturated heterocycles. The number of anilines is 1. The molecule has 198 valence electrons. The van der Waals surface area contributed by atoms with Gasteiger partial charge in [-0.3, -0.25) is 4.79 Å². The van der Waals surface area contributed by atoms with Crippen LogP contribution in [0.1, 0.15) is 44.6 Å². The van der Waals surface area contributed by atoms with Crippen LogP contribution >= 0.6 is 0 Å². The average molecular weight is 534 g/mol. The molecule has 38 heavy (non-hydrogen) atoms. The first kappa shape index (κ1) is 24.9. The number of hydrogen-bond donors (Lipinski definition) is 1. The maximum atomic E-state index is 13.4. The van der Waals surface area contributed by atoms with Gasteiger partial charge in [-0.15, -0.1) is 0 Å². The number of amides is 1. The van der Waals surface area contributed by atoms with Crippen molar-refractivity contribution in [3.05, 3.63) is 66.2 Å². The van der Waals surface area contributed by atoms with Crippen molar-refractivity contribution in [1.82, 2.24) is 9.29 Å². The molecule has 6 rings (SSSR count). The van der Waals surface area contributed by atoms with Crippen molar-refractivity contribution >= 4 is 21.7 Å². The Bertz CT molecular complexity index is 1470. The number of pyridine rings is 1. The second-order valence-electron chi connectivity index (χ2n) is 10.1. The highest BCUT2D eigenvalue weighted by molar-refractivity contribution is 7.89. The molecule has 9 heteroatoms. The van der Waals surface area contributed by atoms with Gasteiger partial charge in [0.2, 0.25) is 15.9 Å². The molecule has 3 heterocycles. The average Bonchev–Trinajstić information content (AvgIpc) is 3.62. The summed E-state index contributed by atoms with van der Waals surface area (Å²) in [7, 11) is -3.53. The lowest BCUT2D eigenvalue weighted by molar-refractivity contribution is -0.118. The fourth-order valence-corrected chi connectivity index (χ4v) is 7.25. The Morgan fingerprint density at radius 3 is 2.55 bits per heavy atom. The fourth-order valence-electron chi connectivity index (χ4n) is 5.48. The van der Waals surface area contributed by atoms with E-state index in [4.69, 9.17) is 9.47 Å². The minimum atomic E-state index is -3.53. The molecule has 3 aliphatic rings. The van der Waals surface area contributed by atoms with Crippen LogP contribution in [-0.4, -0.2) is 49.4 Å². The van der Waals surface area contributed by atoms with Crippen molar-refractivity contribution in [2.24, 2.45) is 0 Å². The predicted octanol–water partition coefficient (Wildman–Crippen LogP) is 4.75. The molecule has 1 aromatic heterocycles. The van der Waals surface area contributed by atoms with Gasteiger partial charge in [-0.1, -0.05) is 31.2 Å². The summed E-state index contributed by atoms with van der Waals surface area (Å²) in [6, 6.07) is 18.1. The summed E-state index contributed by atoms with van der Waals surface area (Å²) in [4.78, 5) is 18.3. The first-order valence-electron chi connectivity index (χ1n) is 13.2. The van der Waals surface area contributed by atoms with Crippen LogP contribution in [0.2, 0.25) is 0 Å². The molecular formula is C29H31N3O5S. The number of nitrogens with zero attached hydrogens (tertiary/aromatic N) is 2. The van der Waals surface area contributed by atoms with E-state index in [1.54, 1.807) is 34.6 Å². The van der Waals surface area contributed by atoms with E-state index in [9.17, 15) is 13.2 Å². The van der Waals surface area contributed by atoms with Crippen LogP contribution in [0.15, 0.2) is 65.6 Å². The molecule has 0 radical (unpaired) electrons. The zero-order valence-electron chi connectivity index (χ0n) is 21.4. The second kappa shape index (κ2) is 9.71. The molecule has 1 amide bonds. The maximum Gasteiger partial charge on any atom is 0.243 e. The molecule has 2 fully saturated rings. The number of benzene rings is 2. The topological polar surface area (TPSA) is 97.8 Å². The van der Waals surface area contributed by atoms with E-state index in [1.165, 1.54) is 0 Å². The van der Waals surface area contributed by atoms with Gasteiger partial charge in [0.25, 0.3) is 0 Å². The van der Waals surface area contributed by atoms with Gasteiger partial charge in [0.05, 0.1) is 16.0 Å². The highest BCUT2D eigenvalue weighted by atomic mass is 32.2. The van der Waals surface area contributed by atoms with E-state index in [2.05, 4.69) is 10.3 Å². The smallest absolute Gasteiger partial charge is 0.243 e. The lowest BCUT2D eigenvalue weighted by Gasteiger charge is -2.23. The van der Waals surface area contributed by atoms with Gasteiger partial charge in [-0.05, 0) is 74.1 Å². The van der Waals surface area contributed by atoms with Crippen LogP contribution in [0.5, 0.6) is 11.5 Å². The Hall–Kier alpha value is -3.43. The molecule has 2 aromatic carbocycles. The number of sulfonamides is 1. The maximum absolute atomic E-state index is 13.4. The molecule has 3 aromatic rings. The zero-order valence-corrected chi connectivity index (χ0v) is 22.2. The lowest BCUT2D eigenvalue weighted by Crippen LogP contribution is -2.35. The Morgan fingerprint density at radius 1 is 1.05 bits per heavy atom. The number of carbonyl (C=O) groups is 1. The summed E-state index contributed by atoms with van der Waals surface area (Å²) < 4.78 is 39.3. The van der Waals surface area contributed by atoms with Crippen molar-refractivity contribution in [1.29, 1.82) is 0 Å². The Balaban J connectivity index is 1.19. The highest BCUT2D eigenvalue weighted by Gasteiger charge is 2.51. The summed E-state index contributed by atoms with van der Waals surface area (Å²) in [5.41, 5.74) is 1.75. The van der Waals surface area contributed by atoms with Crippen LogP contribution in [0.25, 0.3) is 11.3 Å². The van der Waals surface area contributed by atoms with Crippen LogP contribution in [-0.2, 0) is 20.2 Å². The van der Waals surface area contributed by atoms with Gasteiger partial charge in [0, 0.05) is 18.2 Å². The van der Waals surface area contributed by atoms with Crippen LogP contribution < -0.4 is 14.8 Å². The second-order valence-corrected chi connectivity index (χ2v) is 12.0. The molecule has 8 nitrogen and oxygen atoms in total. The Labute approximate surface area is 223 Å². The van der Waals surface area contributed by atoms with Crippen molar-refractivity contribution in [2.45, 2.75) is 55.4 Å². The van der Waals surface area contributed by atoms with E-state index >= 15 is 0 Å². The lowest BCUT2D eigenvalue weighted by atomic mass is 9.94. The highest BCUT2D eigenvalue weighted by Crippen LogP contribution is 2.51. The summed E-state index contributed by atoms with van der Waals surface area (Å²) in [6.45, 7) is 3.62. The molecular weight excluding hydrogens is 502 g/mol. The molecule has 0 bridgehead atoms. The van der Waals surface area contributed by atoms with Gasteiger partial charge in [0.15, 0.2) is 11.5 Å². The van der Waals surface area contributed by atoms with Gasteiger partial charge < -0.3 is 14.8 Å². The largest absolute Gasteiger partial charge is 0.486 e. The fraction of sp³-hybridized carbons (Fsp3) is 0.379. The van der Waals surface area contributed by atoms with E-state index in [0.717, 1.165) is 43.2 Å². The van der Waals surface area contributed by atoms with Gasteiger partial charge in [-0.25, -0.2) is 13.4 Å². The van der Waals surface area contributed by atoms with Crippen LogP contribution in [0, 0.1) is 0 Å². The molecule has 1 N–H and O–H groups in total. The zero-order chi connectivity index (χ0) is 26.3. The summed E-state index contributed by atoms with van der Waals surface area (Å²) in [6.07, 6.45) is 4.13. The first-order valence-corrected chi connectivity index (χ1v) is 14.7. The number of carbonyl (C=O) groups excluding carboxylic acids is 1. The number of nitrogens with one attached hydrogen (secondary N) is 1. The van der Waals surface area contributed by atoms with Crippen molar-refractivity contribution < 1.29 is 22.7 Å². The number of aromatic nitrogens is 1. The Morgan fingerprint density at radius 2 is 1.82 bits per heavy atom. The standard InChI is InChI=1S/C29H31N3O5S/c1-2-22-5-4-16-32(22)38(34,35)23-11-8-20(9-12-23)24-6-3-7-27(30-24)31-28(33)29(14-15-29)21-10-13-25-26(19-21)37-18-17-36-25/h3,6-13,19,22H,2,4-5,14-18H2,1H3,(H,30,31,33)/t22-/m0/s1. The van der Waals surface area contributed by atoms with Crippen LogP contribution in [0.4, 0.5) is 5.82 Å². The number of hydrogen-bond acceptors (Lipinski definition) is 6.